The highest BCUT2D eigenvalue weighted by atomic mass is 32.2. The van der Waals surface area contributed by atoms with E-state index < -0.39 is 0 Å². The lowest BCUT2D eigenvalue weighted by atomic mass is 10.2. The zero-order valence-electron chi connectivity index (χ0n) is 14.5. The molecule has 9 heteroatoms. The maximum atomic E-state index is 12.7. The number of para-hydroxylation sites is 1. The third-order valence-electron chi connectivity index (χ3n) is 3.52. The molecule has 26 heavy (non-hydrogen) atoms. The van der Waals surface area contributed by atoms with Crippen molar-refractivity contribution in [3.8, 4) is 0 Å². The van der Waals surface area contributed by atoms with E-state index in [1.54, 1.807) is 31.2 Å². The van der Waals surface area contributed by atoms with E-state index in [1.165, 1.54) is 4.57 Å². The molecule has 0 radical (unpaired) electrons. The van der Waals surface area contributed by atoms with E-state index in [1.807, 2.05) is 0 Å². The Labute approximate surface area is 155 Å². The van der Waals surface area contributed by atoms with Crippen LogP contribution in [0.25, 0.3) is 10.9 Å². The molecule has 0 aliphatic heterocycles. The highest BCUT2D eigenvalue weighted by molar-refractivity contribution is 7.99. The van der Waals surface area contributed by atoms with Gasteiger partial charge in [0.1, 0.15) is 0 Å². The van der Waals surface area contributed by atoms with Crippen molar-refractivity contribution < 1.29 is 14.7 Å². The molecule has 1 aromatic heterocycles. The largest absolute Gasteiger partial charge is 0.396 e. The van der Waals surface area contributed by atoms with Gasteiger partial charge in [-0.05, 0) is 25.5 Å². The average molecular weight is 378 g/mol. The molecule has 0 bridgehead atoms. The molecule has 3 N–H and O–H groups in total. The number of rotatable bonds is 9. The fourth-order valence-corrected chi connectivity index (χ4v) is 3.16. The number of fused-ring (bicyclic) bond motifs is 1. The minimum absolute atomic E-state index is 0.0311. The number of nitrogens with one attached hydrogen (secondary N) is 2. The van der Waals surface area contributed by atoms with Crippen LogP contribution >= 0.6 is 11.8 Å². The molecule has 0 unspecified atom stereocenters. The van der Waals surface area contributed by atoms with Crippen LogP contribution in [-0.4, -0.2) is 51.9 Å². The third kappa shape index (κ3) is 5.30. The maximum Gasteiger partial charge on any atom is 0.262 e. The first-order valence-corrected chi connectivity index (χ1v) is 9.32. The highest BCUT2D eigenvalue weighted by Gasteiger charge is 2.13. The Balaban J connectivity index is 2.13. The Bertz CT molecular complexity index is 837. The summed E-state index contributed by atoms with van der Waals surface area (Å²) in [5.74, 6) is -0.546. The monoisotopic (exact) mass is 378 g/mol. The van der Waals surface area contributed by atoms with Crippen molar-refractivity contribution in [1.82, 2.24) is 20.2 Å². The summed E-state index contributed by atoms with van der Waals surface area (Å²) >= 11 is 1.13. The van der Waals surface area contributed by atoms with Crippen molar-refractivity contribution in [2.75, 3.05) is 25.4 Å². The van der Waals surface area contributed by atoms with Gasteiger partial charge < -0.3 is 15.7 Å². The van der Waals surface area contributed by atoms with E-state index in [0.717, 1.165) is 11.8 Å². The van der Waals surface area contributed by atoms with E-state index >= 15 is 0 Å². The molecular formula is C17H22N4O4S. The Kier molecular flexibility index (Phi) is 7.61. The molecule has 2 amide bonds. The number of hydrogen-bond acceptors (Lipinski definition) is 6. The second kappa shape index (κ2) is 9.93. The van der Waals surface area contributed by atoms with Crippen molar-refractivity contribution in [2.45, 2.75) is 25.0 Å². The Morgan fingerprint density at radius 2 is 2.00 bits per heavy atom. The number of likely N-dealkylation sites (N-methyl/N-ethyl adjacent to an activating group) is 1. The summed E-state index contributed by atoms with van der Waals surface area (Å²) < 4.78 is 1.47. The lowest BCUT2D eigenvalue weighted by Gasteiger charge is -2.12. The van der Waals surface area contributed by atoms with Gasteiger partial charge in [0.05, 0.1) is 23.2 Å². The third-order valence-corrected chi connectivity index (χ3v) is 4.50. The molecule has 0 saturated heterocycles. The molecule has 0 aliphatic rings. The first-order chi connectivity index (χ1) is 12.6. The van der Waals surface area contributed by atoms with Gasteiger partial charge in [-0.15, -0.1) is 0 Å². The van der Waals surface area contributed by atoms with Gasteiger partial charge in [0.15, 0.2) is 5.16 Å². The van der Waals surface area contributed by atoms with Gasteiger partial charge in [-0.1, -0.05) is 23.9 Å². The highest BCUT2D eigenvalue weighted by Crippen LogP contribution is 2.17. The normalized spacial score (nSPS) is 10.7. The molecule has 0 saturated carbocycles. The number of aliphatic hydroxyl groups is 1. The molecule has 1 heterocycles. The summed E-state index contributed by atoms with van der Waals surface area (Å²) in [6.45, 7) is 2.48. The van der Waals surface area contributed by atoms with E-state index in [0.29, 0.717) is 35.6 Å². The summed E-state index contributed by atoms with van der Waals surface area (Å²) in [6.07, 6.45) is 0.414. The van der Waals surface area contributed by atoms with Crippen molar-refractivity contribution in [1.29, 1.82) is 0 Å². The fourth-order valence-electron chi connectivity index (χ4n) is 2.30. The van der Waals surface area contributed by atoms with Crippen LogP contribution in [0.2, 0.25) is 0 Å². The van der Waals surface area contributed by atoms with Crippen molar-refractivity contribution in [3.63, 3.8) is 0 Å². The smallest absolute Gasteiger partial charge is 0.262 e. The van der Waals surface area contributed by atoms with Crippen LogP contribution in [0.15, 0.2) is 34.2 Å². The van der Waals surface area contributed by atoms with Gasteiger partial charge in [-0.2, -0.15) is 0 Å². The second-order valence-corrected chi connectivity index (χ2v) is 6.41. The Morgan fingerprint density at radius 1 is 1.23 bits per heavy atom. The number of amides is 2. The summed E-state index contributed by atoms with van der Waals surface area (Å²) in [5, 5.41) is 15.1. The quantitative estimate of drug-likeness (QED) is 0.422. The Hall–Kier alpha value is -2.39. The summed E-state index contributed by atoms with van der Waals surface area (Å²) in [7, 11) is 0. The average Bonchev–Trinajstić information content (AvgIpc) is 2.64. The van der Waals surface area contributed by atoms with E-state index in [4.69, 9.17) is 5.11 Å². The molecule has 0 aliphatic carbocycles. The van der Waals surface area contributed by atoms with Crippen molar-refractivity contribution in [2.24, 2.45) is 0 Å². The van der Waals surface area contributed by atoms with Gasteiger partial charge >= 0.3 is 0 Å². The van der Waals surface area contributed by atoms with Crippen LogP contribution in [0, 0.1) is 0 Å². The number of thioether (sulfide) groups is 1. The van der Waals surface area contributed by atoms with Crippen molar-refractivity contribution in [3.05, 3.63) is 34.6 Å². The number of nitrogens with zero attached hydrogens (tertiary/aromatic N) is 2. The number of carbonyl (C=O) groups excluding carboxylic acids is 2. The molecule has 2 rings (SSSR count). The van der Waals surface area contributed by atoms with Crippen LogP contribution in [0.3, 0.4) is 0 Å². The van der Waals surface area contributed by atoms with Crippen LogP contribution in [-0.2, 0) is 16.1 Å². The van der Waals surface area contributed by atoms with Crippen LogP contribution in [0.4, 0.5) is 0 Å². The standard InChI is InChI=1S/C17H22N4O4S/c1-2-18-14(23)10-19-15(24)11-26-17-20-13-7-4-3-6-12(13)16(25)21(17)8-5-9-22/h3-4,6-7,22H,2,5,8-11H2,1H3,(H,18,23)(H,19,24). The number of aliphatic hydroxyl groups excluding tert-OH is 1. The van der Waals surface area contributed by atoms with Crippen molar-refractivity contribution >= 4 is 34.5 Å². The zero-order valence-corrected chi connectivity index (χ0v) is 15.3. The molecular weight excluding hydrogens is 356 g/mol. The molecule has 1 aromatic carbocycles. The second-order valence-electron chi connectivity index (χ2n) is 5.46. The lowest BCUT2D eigenvalue weighted by Crippen LogP contribution is -2.37. The summed E-state index contributed by atoms with van der Waals surface area (Å²) in [6, 6.07) is 7.00. The molecule has 0 spiro atoms. The predicted molar refractivity (Wildman–Crippen MR) is 100 cm³/mol. The first kappa shape index (κ1) is 19.9. The van der Waals surface area contributed by atoms with E-state index in [-0.39, 0.29) is 36.3 Å². The number of carbonyl (C=O) groups is 2. The van der Waals surface area contributed by atoms with Crippen LogP contribution in [0.1, 0.15) is 13.3 Å². The summed E-state index contributed by atoms with van der Waals surface area (Å²) in [4.78, 5) is 40.4. The van der Waals surface area contributed by atoms with Gasteiger partial charge in [0.25, 0.3) is 5.56 Å². The maximum absolute atomic E-state index is 12.7. The van der Waals surface area contributed by atoms with Gasteiger partial charge in [-0.3, -0.25) is 19.0 Å². The minimum atomic E-state index is -0.322. The van der Waals surface area contributed by atoms with E-state index in [2.05, 4.69) is 15.6 Å². The fraction of sp³-hybridized carbons (Fsp3) is 0.412. The van der Waals surface area contributed by atoms with Crippen LogP contribution in [0.5, 0.6) is 0 Å². The molecule has 2 aromatic rings. The van der Waals surface area contributed by atoms with Gasteiger partial charge in [0.2, 0.25) is 11.8 Å². The summed E-state index contributed by atoms with van der Waals surface area (Å²) in [5.41, 5.74) is 0.359. The lowest BCUT2D eigenvalue weighted by molar-refractivity contribution is -0.124. The zero-order chi connectivity index (χ0) is 18.9. The number of benzene rings is 1. The predicted octanol–water partition coefficient (Wildman–Crippen LogP) is 0.123. The molecule has 8 nitrogen and oxygen atoms in total. The number of hydrogen-bond donors (Lipinski definition) is 3. The molecule has 0 atom stereocenters. The number of aromatic nitrogens is 2. The minimum Gasteiger partial charge on any atom is -0.396 e. The molecule has 0 fully saturated rings. The first-order valence-electron chi connectivity index (χ1n) is 8.33. The van der Waals surface area contributed by atoms with Gasteiger partial charge in [-0.25, -0.2) is 4.98 Å². The van der Waals surface area contributed by atoms with Gasteiger partial charge in [0, 0.05) is 19.7 Å². The van der Waals surface area contributed by atoms with E-state index in [9.17, 15) is 14.4 Å². The van der Waals surface area contributed by atoms with Crippen LogP contribution < -0.4 is 16.2 Å². The SMILES string of the molecule is CCNC(=O)CNC(=O)CSc1nc2ccccc2c(=O)n1CCCO. The Morgan fingerprint density at radius 3 is 2.73 bits per heavy atom. The molecule has 140 valence electrons. The topological polar surface area (TPSA) is 113 Å².